The lowest BCUT2D eigenvalue weighted by atomic mass is 10.1. The molecule has 3 aromatic rings. The second-order valence-electron chi connectivity index (χ2n) is 4.77. The van der Waals surface area contributed by atoms with Gasteiger partial charge in [-0.1, -0.05) is 23.5 Å². The highest BCUT2D eigenvalue weighted by molar-refractivity contribution is 7.16. The van der Waals surface area contributed by atoms with Crippen molar-refractivity contribution in [2.75, 3.05) is 7.11 Å². The van der Waals surface area contributed by atoms with Crippen LogP contribution in [0.15, 0.2) is 30.5 Å². The number of aromatic nitrogens is 3. The first-order valence-electron chi connectivity index (χ1n) is 6.34. The second-order valence-corrected chi connectivity index (χ2v) is 5.76. The summed E-state index contributed by atoms with van der Waals surface area (Å²) < 4.78 is 7.27. The van der Waals surface area contributed by atoms with Gasteiger partial charge >= 0.3 is 0 Å². The Bertz CT molecular complexity index is 711. The second kappa shape index (κ2) is 4.06. The van der Waals surface area contributed by atoms with E-state index >= 15 is 0 Å². The number of nitrogens with zero attached hydrogens (tertiary/aromatic N) is 3. The molecule has 96 valence electrons. The van der Waals surface area contributed by atoms with Crippen LogP contribution < -0.4 is 4.74 Å². The number of ether oxygens (including phenoxy) is 1. The Kier molecular flexibility index (Phi) is 2.35. The zero-order valence-corrected chi connectivity index (χ0v) is 11.4. The fraction of sp³-hybridized carbons (Fsp3) is 0.286. The van der Waals surface area contributed by atoms with Gasteiger partial charge < -0.3 is 4.74 Å². The van der Waals surface area contributed by atoms with Gasteiger partial charge in [0.05, 0.1) is 19.0 Å². The summed E-state index contributed by atoms with van der Waals surface area (Å²) in [5, 5.41) is 5.82. The Hall–Kier alpha value is -1.88. The lowest BCUT2D eigenvalue weighted by molar-refractivity contribution is 0.416. The summed E-state index contributed by atoms with van der Waals surface area (Å²) in [7, 11) is 1.68. The van der Waals surface area contributed by atoms with Crippen molar-refractivity contribution in [2.24, 2.45) is 0 Å². The fourth-order valence-electron chi connectivity index (χ4n) is 2.20. The maximum atomic E-state index is 5.38. The van der Waals surface area contributed by atoms with Gasteiger partial charge in [0, 0.05) is 11.5 Å². The molecular weight excluding hydrogens is 258 g/mol. The quantitative estimate of drug-likeness (QED) is 0.733. The topological polar surface area (TPSA) is 39.4 Å². The molecular formula is C14H13N3OS. The molecule has 1 aromatic carbocycles. The number of para-hydroxylation sites is 1. The minimum atomic E-state index is 0.682. The van der Waals surface area contributed by atoms with Crippen molar-refractivity contribution >= 4 is 16.3 Å². The van der Waals surface area contributed by atoms with E-state index in [2.05, 4.69) is 10.1 Å². The Morgan fingerprint density at radius 3 is 2.89 bits per heavy atom. The normalized spacial score (nSPS) is 15.0. The first-order valence-corrected chi connectivity index (χ1v) is 7.16. The van der Waals surface area contributed by atoms with Gasteiger partial charge in [-0.15, -0.1) is 0 Å². The van der Waals surface area contributed by atoms with Crippen LogP contribution in [0.25, 0.3) is 16.2 Å². The molecule has 0 N–H and O–H groups in total. The van der Waals surface area contributed by atoms with Crippen LogP contribution in [0.5, 0.6) is 5.75 Å². The summed E-state index contributed by atoms with van der Waals surface area (Å²) in [6.07, 6.45) is 4.53. The summed E-state index contributed by atoms with van der Waals surface area (Å²) in [6.45, 7) is 0. The zero-order valence-electron chi connectivity index (χ0n) is 10.5. The van der Waals surface area contributed by atoms with Crippen molar-refractivity contribution in [2.45, 2.75) is 18.8 Å². The number of imidazole rings is 1. The van der Waals surface area contributed by atoms with Gasteiger partial charge in [-0.25, -0.2) is 9.50 Å². The van der Waals surface area contributed by atoms with Gasteiger partial charge in [0.2, 0.25) is 4.96 Å². The average Bonchev–Trinajstić information content (AvgIpc) is 3.10. The van der Waals surface area contributed by atoms with E-state index in [1.54, 1.807) is 18.4 Å². The molecule has 0 unspecified atom stereocenters. The molecule has 4 rings (SSSR count). The number of rotatable bonds is 3. The van der Waals surface area contributed by atoms with E-state index in [4.69, 9.17) is 4.74 Å². The van der Waals surface area contributed by atoms with E-state index in [-0.39, 0.29) is 0 Å². The van der Waals surface area contributed by atoms with Gasteiger partial charge in [0.15, 0.2) is 0 Å². The SMILES string of the molecule is COc1ccccc1-c1cn2nc(C3CC3)sc2n1. The van der Waals surface area contributed by atoms with Crippen molar-refractivity contribution in [1.29, 1.82) is 0 Å². The first-order chi connectivity index (χ1) is 9.35. The van der Waals surface area contributed by atoms with E-state index in [1.807, 2.05) is 35.0 Å². The van der Waals surface area contributed by atoms with E-state index in [0.717, 1.165) is 22.0 Å². The van der Waals surface area contributed by atoms with E-state index in [1.165, 1.54) is 17.8 Å². The molecule has 2 heterocycles. The first kappa shape index (κ1) is 11.0. The Labute approximate surface area is 114 Å². The van der Waals surface area contributed by atoms with Crippen LogP contribution in [0, 0.1) is 0 Å². The summed E-state index contributed by atoms with van der Waals surface area (Å²) >= 11 is 1.70. The number of methoxy groups -OCH3 is 1. The van der Waals surface area contributed by atoms with E-state index in [0.29, 0.717) is 5.92 Å². The number of benzene rings is 1. The van der Waals surface area contributed by atoms with Crippen LogP contribution >= 0.6 is 11.3 Å². The third-order valence-electron chi connectivity index (χ3n) is 3.37. The third-order valence-corrected chi connectivity index (χ3v) is 4.45. The van der Waals surface area contributed by atoms with Crippen molar-refractivity contribution < 1.29 is 4.74 Å². The molecule has 0 atom stereocenters. The predicted molar refractivity (Wildman–Crippen MR) is 74.8 cm³/mol. The molecule has 1 aliphatic carbocycles. The molecule has 0 radical (unpaired) electrons. The molecule has 4 nitrogen and oxygen atoms in total. The fourth-order valence-corrected chi connectivity index (χ4v) is 3.25. The van der Waals surface area contributed by atoms with Crippen LogP contribution in [-0.2, 0) is 0 Å². The van der Waals surface area contributed by atoms with E-state index < -0.39 is 0 Å². The van der Waals surface area contributed by atoms with Gasteiger partial charge in [-0.2, -0.15) is 5.10 Å². The van der Waals surface area contributed by atoms with Crippen molar-refractivity contribution in [1.82, 2.24) is 14.6 Å². The van der Waals surface area contributed by atoms with Crippen molar-refractivity contribution in [3.8, 4) is 17.0 Å². The number of hydrogen-bond acceptors (Lipinski definition) is 4. The maximum Gasteiger partial charge on any atom is 0.212 e. The van der Waals surface area contributed by atoms with Crippen molar-refractivity contribution in [3.05, 3.63) is 35.5 Å². The zero-order chi connectivity index (χ0) is 12.8. The highest BCUT2D eigenvalue weighted by Gasteiger charge is 2.28. The average molecular weight is 271 g/mol. The Balaban J connectivity index is 1.80. The Morgan fingerprint density at radius 2 is 2.16 bits per heavy atom. The molecule has 19 heavy (non-hydrogen) atoms. The highest BCUT2D eigenvalue weighted by Crippen LogP contribution is 2.42. The van der Waals surface area contributed by atoms with Crippen LogP contribution in [0.2, 0.25) is 0 Å². The molecule has 0 amide bonds. The molecule has 2 aromatic heterocycles. The smallest absolute Gasteiger partial charge is 0.212 e. The van der Waals surface area contributed by atoms with Crippen LogP contribution in [0.3, 0.4) is 0 Å². The van der Waals surface area contributed by atoms with E-state index in [9.17, 15) is 0 Å². The standard InChI is InChI=1S/C14H13N3OS/c1-18-12-5-3-2-4-10(12)11-8-17-14(15-11)19-13(16-17)9-6-7-9/h2-5,8-9H,6-7H2,1H3. The monoisotopic (exact) mass is 271 g/mol. The number of fused-ring (bicyclic) bond motifs is 1. The molecule has 5 heteroatoms. The molecule has 0 aliphatic heterocycles. The maximum absolute atomic E-state index is 5.38. The summed E-state index contributed by atoms with van der Waals surface area (Å²) in [5.74, 6) is 1.53. The molecule has 1 saturated carbocycles. The number of hydrogen-bond donors (Lipinski definition) is 0. The van der Waals surface area contributed by atoms with Gasteiger partial charge in [0.1, 0.15) is 10.8 Å². The van der Waals surface area contributed by atoms with Crippen molar-refractivity contribution in [3.63, 3.8) is 0 Å². The Morgan fingerprint density at radius 1 is 1.32 bits per heavy atom. The van der Waals surface area contributed by atoms with Gasteiger partial charge in [-0.3, -0.25) is 0 Å². The summed E-state index contributed by atoms with van der Waals surface area (Å²) in [5.41, 5.74) is 1.93. The highest BCUT2D eigenvalue weighted by atomic mass is 32.1. The van der Waals surface area contributed by atoms with Crippen LogP contribution in [0.1, 0.15) is 23.8 Å². The van der Waals surface area contributed by atoms with Gasteiger partial charge in [0.25, 0.3) is 0 Å². The summed E-state index contributed by atoms with van der Waals surface area (Å²) in [6, 6.07) is 7.93. The molecule has 1 aliphatic rings. The van der Waals surface area contributed by atoms with Crippen LogP contribution in [0.4, 0.5) is 0 Å². The lowest BCUT2D eigenvalue weighted by Crippen LogP contribution is -1.87. The molecule has 0 spiro atoms. The minimum Gasteiger partial charge on any atom is -0.496 e. The largest absolute Gasteiger partial charge is 0.496 e. The van der Waals surface area contributed by atoms with Gasteiger partial charge in [-0.05, 0) is 25.0 Å². The predicted octanol–water partition coefficient (Wildman–Crippen LogP) is 3.34. The third kappa shape index (κ3) is 1.81. The molecule has 1 fully saturated rings. The summed E-state index contributed by atoms with van der Waals surface area (Å²) in [4.78, 5) is 5.62. The van der Waals surface area contributed by atoms with Crippen LogP contribution in [-0.4, -0.2) is 21.7 Å². The molecule has 0 bridgehead atoms. The lowest BCUT2D eigenvalue weighted by Gasteiger charge is -2.04. The minimum absolute atomic E-state index is 0.682. The molecule has 0 saturated heterocycles.